The van der Waals surface area contributed by atoms with Crippen molar-refractivity contribution in [1.82, 2.24) is 0 Å². The van der Waals surface area contributed by atoms with Gasteiger partial charge in [-0.15, -0.1) is 0 Å². The highest BCUT2D eigenvalue weighted by Crippen LogP contribution is 2.39. The summed E-state index contributed by atoms with van der Waals surface area (Å²) < 4.78 is 31.2. The molecule has 0 saturated heterocycles. The molecule has 1 atom stereocenters. The first kappa shape index (κ1) is 20.5. The van der Waals surface area contributed by atoms with Crippen LogP contribution in [0.25, 0.3) is 0 Å². The van der Waals surface area contributed by atoms with Crippen LogP contribution in [0.3, 0.4) is 0 Å². The van der Waals surface area contributed by atoms with E-state index >= 15 is 0 Å². The van der Waals surface area contributed by atoms with Crippen LogP contribution in [0.5, 0.6) is 0 Å². The van der Waals surface area contributed by atoms with Gasteiger partial charge in [-0.1, -0.05) is 45.8 Å². The van der Waals surface area contributed by atoms with Gasteiger partial charge in [0.25, 0.3) is 10.0 Å². The molecule has 28 heavy (non-hydrogen) atoms. The molecule has 0 bridgehead atoms. The number of halogens is 1. The maximum atomic E-state index is 13.3. The molecule has 148 valence electrons. The van der Waals surface area contributed by atoms with Gasteiger partial charge in [0.15, 0.2) is 10.1 Å². The zero-order valence-electron chi connectivity index (χ0n) is 15.5. The fraction of sp³-hybridized carbons (Fsp3) is 0.300. The average molecular weight is 466 g/mol. The molecule has 1 aliphatic rings. The number of sulfonamides is 1. The van der Waals surface area contributed by atoms with E-state index < -0.39 is 26.1 Å². The van der Waals surface area contributed by atoms with Crippen molar-refractivity contribution < 1.29 is 22.7 Å². The van der Waals surface area contributed by atoms with E-state index in [1.807, 2.05) is 6.92 Å². The summed E-state index contributed by atoms with van der Waals surface area (Å²) in [6, 6.07) is 12.9. The molecule has 0 N–H and O–H groups in total. The fourth-order valence-electron chi connectivity index (χ4n) is 3.11. The first-order chi connectivity index (χ1) is 13.2. The lowest BCUT2D eigenvalue weighted by Gasteiger charge is -2.25. The van der Waals surface area contributed by atoms with Crippen molar-refractivity contribution in [2.75, 3.05) is 17.5 Å². The Bertz CT molecular complexity index is 1020. The van der Waals surface area contributed by atoms with Gasteiger partial charge in [-0.2, -0.15) is 0 Å². The molecule has 0 spiro atoms. The third-order valence-corrected chi connectivity index (χ3v) is 7.55. The Kier molecular flexibility index (Phi) is 5.63. The summed E-state index contributed by atoms with van der Waals surface area (Å²) >= 11 is 3.26. The number of rotatable bonds is 4. The Balaban J connectivity index is 2.13. The molecule has 2 aromatic carbocycles. The second-order valence-electron chi connectivity index (χ2n) is 6.51. The number of carbonyl (C=O) groups is 2. The van der Waals surface area contributed by atoms with Crippen LogP contribution in [0.2, 0.25) is 0 Å². The minimum Gasteiger partial charge on any atom is -0.465 e. The molecule has 0 amide bonds. The summed E-state index contributed by atoms with van der Waals surface area (Å²) in [5.41, 5.74) is 1.34. The monoisotopic (exact) mass is 465 g/mol. The second kappa shape index (κ2) is 7.67. The van der Waals surface area contributed by atoms with Crippen LogP contribution >= 0.6 is 15.9 Å². The highest BCUT2D eigenvalue weighted by Gasteiger charge is 2.49. The first-order valence-corrected chi connectivity index (χ1v) is 11.0. The molecule has 6 nitrogen and oxygen atoms in total. The lowest BCUT2D eigenvalue weighted by atomic mass is 9.95. The fourth-order valence-corrected chi connectivity index (χ4v) is 5.10. The van der Waals surface area contributed by atoms with Gasteiger partial charge in [0, 0.05) is 12.1 Å². The SMILES string of the molecule is CCOC(=O)C1(Br)CCN(S(=O)(=O)c2ccc(C)cc2)c2ccccc2C1=O. The quantitative estimate of drug-likeness (QED) is 0.392. The van der Waals surface area contributed by atoms with Crippen molar-refractivity contribution in [2.45, 2.75) is 29.5 Å². The summed E-state index contributed by atoms with van der Waals surface area (Å²) in [5, 5.41) is 0. The molecule has 1 heterocycles. The third-order valence-electron chi connectivity index (χ3n) is 4.64. The van der Waals surface area contributed by atoms with Crippen LogP contribution in [0.1, 0.15) is 29.3 Å². The average Bonchev–Trinajstić information content (AvgIpc) is 2.79. The van der Waals surface area contributed by atoms with Crippen molar-refractivity contribution in [2.24, 2.45) is 0 Å². The van der Waals surface area contributed by atoms with E-state index in [1.54, 1.807) is 37.3 Å². The number of para-hydroxylation sites is 1. The smallest absolute Gasteiger partial charge is 0.331 e. The van der Waals surface area contributed by atoms with Crippen LogP contribution in [-0.2, 0) is 19.6 Å². The number of nitrogens with zero attached hydrogens (tertiary/aromatic N) is 1. The number of ether oxygens (including phenoxy) is 1. The maximum absolute atomic E-state index is 13.3. The van der Waals surface area contributed by atoms with Crippen molar-refractivity contribution >= 4 is 43.4 Å². The van der Waals surface area contributed by atoms with E-state index in [-0.39, 0.29) is 35.7 Å². The van der Waals surface area contributed by atoms with Crippen LogP contribution in [0.4, 0.5) is 5.69 Å². The van der Waals surface area contributed by atoms with Gasteiger partial charge in [0.05, 0.1) is 17.2 Å². The summed E-state index contributed by atoms with van der Waals surface area (Å²) in [4.78, 5) is 25.8. The lowest BCUT2D eigenvalue weighted by Crippen LogP contribution is -2.43. The molecule has 0 radical (unpaired) electrons. The number of carbonyl (C=O) groups excluding carboxylic acids is 2. The maximum Gasteiger partial charge on any atom is 0.331 e. The normalized spacial score (nSPS) is 19.7. The molecule has 0 fully saturated rings. The predicted molar refractivity (Wildman–Crippen MR) is 109 cm³/mol. The van der Waals surface area contributed by atoms with Gasteiger partial charge < -0.3 is 4.74 Å². The summed E-state index contributed by atoms with van der Waals surface area (Å²) in [6.07, 6.45) is -0.0512. The van der Waals surface area contributed by atoms with E-state index in [1.165, 1.54) is 22.5 Å². The number of anilines is 1. The molecule has 2 aromatic rings. The first-order valence-electron chi connectivity index (χ1n) is 8.81. The molecule has 0 aromatic heterocycles. The third kappa shape index (κ3) is 3.46. The van der Waals surface area contributed by atoms with Gasteiger partial charge >= 0.3 is 5.97 Å². The molecule has 8 heteroatoms. The predicted octanol–water partition coefficient (Wildman–Crippen LogP) is 3.47. The molecular weight excluding hydrogens is 446 g/mol. The lowest BCUT2D eigenvalue weighted by molar-refractivity contribution is -0.144. The van der Waals surface area contributed by atoms with Gasteiger partial charge in [-0.25, -0.2) is 8.42 Å². The minimum atomic E-state index is -3.92. The van der Waals surface area contributed by atoms with Crippen molar-refractivity contribution in [1.29, 1.82) is 0 Å². The van der Waals surface area contributed by atoms with Crippen LogP contribution in [0.15, 0.2) is 53.4 Å². The number of alkyl halides is 1. The number of hydrogen-bond donors (Lipinski definition) is 0. The Labute approximate surface area is 172 Å². The Morgan fingerprint density at radius 1 is 1.18 bits per heavy atom. The molecule has 1 aliphatic heterocycles. The topological polar surface area (TPSA) is 80.8 Å². The van der Waals surface area contributed by atoms with E-state index in [0.717, 1.165) is 5.56 Å². The largest absolute Gasteiger partial charge is 0.465 e. The zero-order chi connectivity index (χ0) is 20.5. The number of hydrogen-bond acceptors (Lipinski definition) is 5. The van der Waals surface area contributed by atoms with Crippen molar-refractivity contribution in [3.8, 4) is 0 Å². The number of Topliss-reactive ketones (excluding diaryl/α,β-unsaturated/α-hetero) is 1. The molecule has 3 rings (SSSR count). The Morgan fingerprint density at radius 2 is 1.82 bits per heavy atom. The van der Waals surface area contributed by atoms with E-state index in [9.17, 15) is 18.0 Å². The van der Waals surface area contributed by atoms with Gasteiger partial charge in [-0.3, -0.25) is 13.9 Å². The number of benzene rings is 2. The minimum absolute atomic E-state index is 0.0512. The number of fused-ring (bicyclic) bond motifs is 1. The van der Waals surface area contributed by atoms with Crippen LogP contribution < -0.4 is 4.31 Å². The molecule has 0 saturated carbocycles. The zero-order valence-corrected chi connectivity index (χ0v) is 17.9. The highest BCUT2D eigenvalue weighted by molar-refractivity contribution is 9.10. The summed E-state index contributed by atoms with van der Waals surface area (Å²) in [5.74, 6) is -1.23. The highest BCUT2D eigenvalue weighted by atomic mass is 79.9. The van der Waals surface area contributed by atoms with Crippen LogP contribution in [-0.4, -0.2) is 37.6 Å². The van der Waals surface area contributed by atoms with Crippen molar-refractivity contribution in [3.05, 3.63) is 59.7 Å². The molecule has 0 aliphatic carbocycles. The van der Waals surface area contributed by atoms with E-state index in [4.69, 9.17) is 4.74 Å². The summed E-state index contributed by atoms with van der Waals surface area (Å²) in [6.45, 7) is 3.59. The standard InChI is InChI=1S/C20H20BrNO5S/c1-3-27-19(24)20(21)12-13-22(17-7-5-4-6-16(17)18(20)23)28(25,26)15-10-8-14(2)9-11-15/h4-11H,3,12-13H2,1-2H3. The van der Waals surface area contributed by atoms with Gasteiger partial charge in [0.2, 0.25) is 0 Å². The van der Waals surface area contributed by atoms with Crippen LogP contribution in [0, 0.1) is 6.92 Å². The number of esters is 1. The number of ketones is 1. The second-order valence-corrected chi connectivity index (χ2v) is 9.72. The van der Waals surface area contributed by atoms with E-state index in [2.05, 4.69) is 15.9 Å². The number of aryl methyl sites for hydroxylation is 1. The van der Waals surface area contributed by atoms with Gasteiger partial charge in [0.1, 0.15) is 0 Å². The Morgan fingerprint density at radius 3 is 2.46 bits per heavy atom. The molecule has 1 unspecified atom stereocenters. The van der Waals surface area contributed by atoms with E-state index in [0.29, 0.717) is 0 Å². The van der Waals surface area contributed by atoms with Gasteiger partial charge in [-0.05, 0) is 44.5 Å². The summed E-state index contributed by atoms with van der Waals surface area (Å²) in [7, 11) is -3.92. The molecular formula is C20H20BrNO5S. The Hall–Kier alpha value is -2.19. The van der Waals surface area contributed by atoms with Crippen molar-refractivity contribution in [3.63, 3.8) is 0 Å².